The molecule has 2 aliphatic rings. The molecule has 0 aliphatic carbocycles. The number of ether oxygens (including phenoxy) is 1. The summed E-state index contributed by atoms with van der Waals surface area (Å²) in [5, 5.41) is 0.486. The SMILES string of the molecule is O=C(c1cnc(N2CCCN(c3ccc(F)cc3)CC2)c(Cl)c1)N1CCOCC1. The lowest BCUT2D eigenvalue weighted by atomic mass is 10.2. The van der Waals surface area contributed by atoms with Crippen LogP contribution in [-0.4, -0.2) is 68.3 Å². The van der Waals surface area contributed by atoms with Crippen LogP contribution in [-0.2, 0) is 4.74 Å². The first-order chi connectivity index (χ1) is 14.1. The zero-order chi connectivity index (χ0) is 20.2. The molecule has 29 heavy (non-hydrogen) atoms. The molecule has 2 aromatic rings. The van der Waals surface area contributed by atoms with E-state index in [1.807, 2.05) is 12.1 Å². The Labute approximate surface area is 174 Å². The Morgan fingerprint density at radius 3 is 2.41 bits per heavy atom. The van der Waals surface area contributed by atoms with Crippen LogP contribution in [0.1, 0.15) is 16.8 Å². The molecule has 0 bridgehead atoms. The predicted octanol–water partition coefficient (Wildman–Crippen LogP) is 3.06. The summed E-state index contributed by atoms with van der Waals surface area (Å²) in [6.45, 7) is 5.53. The molecule has 2 fully saturated rings. The lowest BCUT2D eigenvalue weighted by Crippen LogP contribution is -2.40. The van der Waals surface area contributed by atoms with Crippen LogP contribution in [0.3, 0.4) is 0 Å². The third-order valence-corrected chi connectivity index (χ3v) is 5.63. The second-order valence-corrected chi connectivity index (χ2v) is 7.65. The fourth-order valence-electron chi connectivity index (χ4n) is 3.77. The number of carbonyl (C=O) groups is 1. The first-order valence-electron chi connectivity index (χ1n) is 9.90. The lowest BCUT2D eigenvalue weighted by molar-refractivity contribution is 0.0302. The van der Waals surface area contributed by atoms with Gasteiger partial charge in [-0.2, -0.15) is 0 Å². The predicted molar refractivity (Wildman–Crippen MR) is 111 cm³/mol. The second kappa shape index (κ2) is 8.97. The number of benzene rings is 1. The summed E-state index contributed by atoms with van der Waals surface area (Å²) < 4.78 is 18.5. The van der Waals surface area contributed by atoms with E-state index in [4.69, 9.17) is 16.3 Å². The normalized spacial score (nSPS) is 17.9. The van der Waals surface area contributed by atoms with Crippen LogP contribution >= 0.6 is 11.6 Å². The highest BCUT2D eigenvalue weighted by Crippen LogP contribution is 2.27. The molecule has 1 aromatic carbocycles. The number of anilines is 2. The highest BCUT2D eigenvalue weighted by molar-refractivity contribution is 6.33. The van der Waals surface area contributed by atoms with E-state index in [-0.39, 0.29) is 11.7 Å². The van der Waals surface area contributed by atoms with Crippen LogP contribution in [0.15, 0.2) is 36.5 Å². The van der Waals surface area contributed by atoms with Crippen molar-refractivity contribution in [2.24, 2.45) is 0 Å². The Kier molecular flexibility index (Phi) is 6.16. The van der Waals surface area contributed by atoms with Gasteiger partial charge in [-0.15, -0.1) is 0 Å². The monoisotopic (exact) mass is 418 g/mol. The maximum absolute atomic E-state index is 13.2. The van der Waals surface area contributed by atoms with Crippen molar-refractivity contribution >= 4 is 29.0 Å². The van der Waals surface area contributed by atoms with Crippen LogP contribution in [0.2, 0.25) is 5.02 Å². The molecule has 0 N–H and O–H groups in total. The van der Waals surface area contributed by atoms with Gasteiger partial charge in [-0.25, -0.2) is 9.37 Å². The maximum atomic E-state index is 13.2. The van der Waals surface area contributed by atoms with Crippen molar-refractivity contribution in [3.63, 3.8) is 0 Å². The lowest BCUT2D eigenvalue weighted by Gasteiger charge is -2.27. The first kappa shape index (κ1) is 19.9. The van der Waals surface area contributed by atoms with Crippen molar-refractivity contribution in [2.75, 3.05) is 62.3 Å². The van der Waals surface area contributed by atoms with Gasteiger partial charge in [0.25, 0.3) is 5.91 Å². The van der Waals surface area contributed by atoms with Crippen molar-refractivity contribution in [1.29, 1.82) is 0 Å². The molecule has 2 aliphatic heterocycles. The number of aromatic nitrogens is 1. The van der Waals surface area contributed by atoms with Gasteiger partial charge in [-0.05, 0) is 36.8 Å². The van der Waals surface area contributed by atoms with Gasteiger partial charge in [-0.3, -0.25) is 4.79 Å². The molecule has 1 amide bonds. The van der Waals surface area contributed by atoms with E-state index in [0.29, 0.717) is 42.7 Å². The van der Waals surface area contributed by atoms with Crippen molar-refractivity contribution in [3.05, 3.63) is 52.9 Å². The number of pyridine rings is 1. The molecular formula is C21H24ClFN4O2. The minimum Gasteiger partial charge on any atom is -0.378 e. The largest absolute Gasteiger partial charge is 0.378 e. The molecule has 0 spiro atoms. The standard InChI is InChI=1S/C21H24ClFN4O2/c22-19-14-16(21(28)27-10-12-29-13-11-27)15-24-20(19)26-7-1-6-25(8-9-26)18-4-2-17(23)3-5-18/h2-5,14-15H,1,6-13H2. The molecule has 8 heteroatoms. The van der Waals surface area contributed by atoms with E-state index in [1.54, 1.807) is 17.2 Å². The molecule has 154 valence electrons. The van der Waals surface area contributed by atoms with Gasteiger partial charge < -0.3 is 19.4 Å². The second-order valence-electron chi connectivity index (χ2n) is 7.24. The number of rotatable bonds is 3. The molecule has 4 rings (SSSR count). The van der Waals surface area contributed by atoms with Gasteiger partial charge in [0.05, 0.1) is 23.8 Å². The van der Waals surface area contributed by atoms with Gasteiger partial charge in [0.1, 0.15) is 11.6 Å². The highest BCUT2D eigenvalue weighted by atomic mass is 35.5. The third-order valence-electron chi connectivity index (χ3n) is 5.35. The first-order valence-corrected chi connectivity index (χ1v) is 10.3. The van der Waals surface area contributed by atoms with E-state index >= 15 is 0 Å². The molecule has 2 saturated heterocycles. The number of amides is 1. The fourth-order valence-corrected chi connectivity index (χ4v) is 4.05. The van der Waals surface area contributed by atoms with Crippen molar-refractivity contribution in [2.45, 2.75) is 6.42 Å². The average Bonchev–Trinajstić information content (AvgIpc) is 3.00. The summed E-state index contributed by atoms with van der Waals surface area (Å²) in [5.41, 5.74) is 1.52. The summed E-state index contributed by atoms with van der Waals surface area (Å²) in [4.78, 5) is 23.3. The van der Waals surface area contributed by atoms with E-state index < -0.39 is 0 Å². The zero-order valence-corrected chi connectivity index (χ0v) is 16.9. The number of morpholine rings is 1. The summed E-state index contributed by atoms with van der Waals surface area (Å²) >= 11 is 6.51. The molecule has 0 radical (unpaired) electrons. The Bertz CT molecular complexity index is 858. The molecule has 3 heterocycles. The molecule has 0 saturated carbocycles. The van der Waals surface area contributed by atoms with Gasteiger partial charge in [0.15, 0.2) is 0 Å². The minimum absolute atomic E-state index is 0.0624. The van der Waals surface area contributed by atoms with Gasteiger partial charge in [0.2, 0.25) is 0 Å². The smallest absolute Gasteiger partial charge is 0.255 e. The molecule has 0 atom stereocenters. The summed E-state index contributed by atoms with van der Waals surface area (Å²) in [6.07, 6.45) is 2.55. The maximum Gasteiger partial charge on any atom is 0.255 e. The van der Waals surface area contributed by atoms with Crippen LogP contribution in [0, 0.1) is 5.82 Å². The molecular weight excluding hydrogens is 395 g/mol. The Morgan fingerprint density at radius 2 is 1.69 bits per heavy atom. The number of carbonyl (C=O) groups excluding carboxylic acids is 1. The van der Waals surface area contributed by atoms with Gasteiger partial charge in [-0.1, -0.05) is 11.6 Å². The van der Waals surface area contributed by atoms with Crippen LogP contribution in [0.25, 0.3) is 0 Å². The van der Waals surface area contributed by atoms with Crippen molar-refractivity contribution < 1.29 is 13.9 Å². The number of hydrogen-bond donors (Lipinski definition) is 0. The third kappa shape index (κ3) is 4.62. The van der Waals surface area contributed by atoms with E-state index in [0.717, 1.165) is 38.3 Å². The van der Waals surface area contributed by atoms with Crippen LogP contribution in [0.5, 0.6) is 0 Å². The summed E-state index contributed by atoms with van der Waals surface area (Å²) in [7, 11) is 0. The average molecular weight is 419 g/mol. The van der Waals surface area contributed by atoms with Crippen molar-refractivity contribution in [3.8, 4) is 0 Å². The summed E-state index contributed by atoms with van der Waals surface area (Å²) in [5.74, 6) is 0.409. The Hall–Kier alpha value is -2.38. The Morgan fingerprint density at radius 1 is 1.00 bits per heavy atom. The van der Waals surface area contributed by atoms with Crippen molar-refractivity contribution in [1.82, 2.24) is 9.88 Å². The number of nitrogens with zero attached hydrogens (tertiary/aromatic N) is 4. The molecule has 1 aromatic heterocycles. The van der Waals surface area contributed by atoms with E-state index in [2.05, 4.69) is 14.8 Å². The van der Waals surface area contributed by atoms with E-state index in [1.165, 1.54) is 12.1 Å². The Balaban J connectivity index is 1.44. The zero-order valence-electron chi connectivity index (χ0n) is 16.2. The molecule has 0 unspecified atom stereocenters. The highest BCUT2D eigenvalue weighted by Gasteiger charge is 2.22. The van der Waals surface area contributed by atoms with Gasteiger partial charge >= 0.3 is 0 Å². The number of hydrogen-bond acceptors (Lipinski definition) is 5. The summed E-state index contributed by atoms with van der Waals surface area (Å²) in [6, 6.07) is 8.30. The van der Waals surface area contributed by atoms with Crippen LogP contribution in [0.4, 0.5) is 15.9 Å². The van der Waals surface area contributed by atoms with Crippen LogP contribution < -0.4 is 9.80 Å². The van der Waals surface area contributed by atoms with E-state index in [9.17, 15) is 9.18 Å². The quantitative estimate of drug-likeness (QED) is 0.766. The number of halogens is 2. The molecule has 6 nitrogen and oxygen atoms in total. The topological polar surface area (TPSA) is 48.9 Å². The minimum atomic E-state index is -0.229. The van der Waals surface area contributed by atoms with Gasteiger partial charge in [0, 0.05) is 51.2 Å². The fraction of sp³-hybridized carbons (Fsp3) is 0.429.